The van der Waals surface area contributed by atoms with Crippen molar-refractivity contribution < 1.29 is 9.59 Å². The van der Waals surface area contributed by atoms with Crippen LogP contribution in [-0.4, -0.2) is 66.5 Å². The zero-order valence-corrected chi connectivity index (χ0v) is 13.5. The molecule has 0 aliphatic carbocycles. The third-order valence-electron chi connectivity index (χ3n) is 4.87. The lowest BCUT2D eigenvalue weighted by molar-refractivity contribution is -0.130. The molecular formula is C14H25ClN4O2. The molecule has 0 bridgehead atoms. The minimum absolute atomic E-state index is 0. The first-order valence-corrected chi connectivity index (χ1v) is 7.54. The molecule has 120 valence electrons. The highest BCUT2D eigenvalue weighted by atomic mass is 35.5. The molecule has 2 unspecified atom stereocenters. The predicted molar refractivity (Wildman–Crippen MR) is 82.5 cm³/mol. The molecule has 6 nitrogen and oxygen atoms in total. The Morgan fingerprint density at radius 2 is 1.90 bits per heavy atom. The molecule has 0 aromatic rings. The minimum atomic E-state index is -0.751. The third kappa shape index (κ3) is 3.17. The van der Waals surface area contributed by atoms with E-state index in [0.29, 0.717) is 6.54 Å². The van der Waals surface area contributed by atoms with Gasteiger partial charge in [-0.05, 0) is 51.7 Å². The molecule has 3 aliphatic rings. The quantitative estimate of drug-likeness (QED) is 0.734. The van der Waals surface area contributed by atoms with Gasteiger partial charge in [0, 0.05) is 19.6 Å². The van der Waals surface area contributed by atoms with E-state index in [4.69, 9.17) is 0 Å². The van der Waals surface area contributed by atoms with Crippen LogP contribution in [0.3, 0.4) is 0 Å². The van der Waals surface area contributed by atoms with Gasteiger partial charge in [0.25, 0.3) is 5.91 Å². The second-order valence-corrected chi connectivity index (χ2v) is 6.78. The number of carbonyl (C=O) groups is 2. The summed E-state index contributed by atoms with van der Waals surface area (Å²) in [6.45, 7) is 9.22. The summed E-state index contributed by atoms with van der Waals surface area (Å²) in [5.41, 5.74) is -0.751. The zero-order chi connectivity index (χ0) is 14.3. The van der Waals surface area contributed by atoms with Crippen LogP contribution in [0.2, 0.25) is 0 Å². The first kappa shape index (κ1) is 16.5. The van der Waals surface area contributed by atoms with Crippen LogP contribution in [0.25, 0.3) is 0 Å². The smallest absolute Gasteiger partial charge is 0.324 e. The van der Waals surface area contributed by atoms with Crippen molar-refractivity contribution in [2.24, 2.45) is 11.8 Å². The Balaban J connectivity index is 0.00000161. The standard InChI is InChI=1S/C14H24N4O2.ClH/c1-14(2)12(19)18(13(20)16-14)6-5-17-4-3-10-7-15-8-11(10)9-17;/h10-11,15H,3-9H2,1-2H3,(H,16,20);1H. The van der Waals surface area contributed by atoms with E-state index in [0.717, 1.165) is 44.6 Å². The lowest BCUT2D eigenvalue weighted by atomic mass is 9.89. The van der Waals surface area contributed by atoms with Crippen LogP contribution in [0, 0.1) is 11.8 Å². The van der Waals surface area contributed by atoms with E-state index in [1.54, 1.807) is 13.8 Å². The van der Waals surface area contributed by atoms with E-state index in [1.165, 1.54) is 11.3 Å². The Morgan fingerprint density at radius 3 is 2.57 bits per heavy atom. The van der Waals surface area contributed by atoms with Crippen molar-refractivity contribution in [3.05, 3.63) is 0 Å². The maximum absolute atomic E-state index is 12.1. The molecule has 2 atom stereocenters. The first-order chi connectivity index (χ1) is 9.47. The number of piperidine rings is 1. The fraction of sp³-hybridized carbons (Fsp3) is 0.857. The zero-order valence-electron chi connectivity index (χ0n) is 12.7. The van der Waals surface area contributed by atoms with Crippen LogP contribution in [0.5, 0.6) is 0 Å². The number of fused-ring (bicyclic) bond motifs is 1. The summed E-state index contributed by atoms with van der Waals surface area (Å²) in [4.78, 5) is 27.7. The summed E-state index contributed by atoms with van der Waals surface area (Å²) in [6, 6.07) is -0.252. The van der Waals surface area contributed by atoms with Gasteiger partial charge < -0.3 is 15.5 Å². The number of hydrogen-bond acceptors (Lipinski definition) is 4. The first-order valence-electron chi connectivity index (χ1n) is 7.54. The fourth-order valence-corrected chi connectivity index (χ4v) is 3.58. The Hall–Kier alpha value is -0.850. The van der Waals surface area contributed by atoms with Gasteiger partial charge in [-0.2, -0.15) is 0 Å². The van der Waals surface area contributed by atoms with Crippen molar-refractivity contribution in [2.75, 3.05) is 39.3 Å². The number of carbonyl (C=O) groups excluding carboxylic acids is 2. The normalized spacial score (nSPS) is 31.8. The number of imide groups is 1. The number of urea groups is 1. The molecule has 3 saturated heterocycles. The number of halogens is 1. The molecule has 0 radical (unpaired) electrons. The molecule has 21 heavy (non-hydrogen) atoms. The van der Waals surface area contributed by atoms with Gasteiger partial charge in [0.2, 0.25) is 0 Å². The van der Waals surface area contributed by atoms with Gasteiger partial charge in [0.1, 0.15) is 5.54 Å². The van der Waals surface area contributed by atoms with Crippen LogP contribution in [0.15, 0.2) is 0 Å². The molecule has 0 aromatic carbocycles. The maximum atomic E-state index is 12.1. The van der Waals surface area contributed by atoms with Gasteiger partial charge >= 0.3 is 6.03 Å². The van der Waals surface area contributed by atoms with E-state index in [-0.39, 0.29) is 24.3 Å². The molecular weight excluding hydrogens is 292 g/mol. The van der Waals surface area contributed by atoms with E-state index < -0.39 is 5.54 Å². The minimum Gasteiger partial charge on any atom is -0.324 e. The van der Waals surface area contributed by atoms with Gasteiger partial charge in [-0.3, -0.25) is 9.69 Å². The van der Waals surface area contributed by atoms with Crippen molar-refractivity contribution in [1.82, 2.24) is 20.4 Å². The average Bonchev–Trinajstić information content (AvgIpc) is 2.91. The topological polar surface area (TPSA) is 64.7 Å². The number of amides is 3. The highest BCUT2D eigenvalue weighted by Crippen LogP contribution is 2.26. The van der Waals surface area contributed by atoms with Crippen molar-refractivity contribution in [3.63, 3.8) is 0 Å². The monoisotopic (exact) mass is 316 g/mol. The summed E-state index contributed by atoms with van der Waals surface area (Å²) in [5.74, 6) is 1.45. The molecule has 2 N–H and O–H groups in total. The molecule has 3 heterocycles. The van der Waals surface area contributed by atoms with Crippen molar-refractivity contribution in [3.8, 4) is 0 Å². The Kier molecular flexibility index (Phi) is 4.80. The van der Waals surface area contributed by atoms with E-state index in [2.05, 4.69) is 15.5 Å². The van der Waals surface area contributed by atoms with Crippen molar-refractivity contribution in [1.29, 1.82) is 0 Å². The predicted octanol–water partition coefficient (Wildman–Crippen LogP) is 0.280. The van der Waals surface area contributed by atoms with Crippen LogP contribution in [0.1, 0.15) is 20.3 Å². The molecule has 0 saturated carbocycles. The third-order valence-corrected chi connectivity index (χ3v) is 4.87. The SMILES string of the molecule is CC1(C)NC(=O)N(CCN2CCC3CNCC3C2)C1=O.Cl. The molecule has 3 aliphatic heterocycles. The van der Waals surface area contributed by atoms with Gasteiger partial charge in [-0.15, -0.1) is 12.4 Å². The number of nitrogens with zero attached hydrogens (tertiary/aromatic N) is 2. The van der Waals surface area contributed by atoms with Crippen LogP contribution < -0.4 is 10.6 Å². The van der Waals surface area contributed by atoms with E-state index in [1.807, 2.05) is 0 Å². The fourth-order valence-electron chi connectivity index (χ4n) is 3.58. The second-order valence-electron chi connectivity index (χ2n) is 6.78. The lowest BCUT2D eigenvalue weighted by Gasteiger charge is -2.35. The highest BCUT2D eigenvalue weighted by molar-refractivity contribution is 6.06. The van der Waals surface area contributed by atoms with E-state index >= 15 is 0 Å². The molecule has 3 amide bonds. The van der Waals surface area contributed by atoms with Crippen LogP contribution in [0.4, 0.5) is 4.79 Å². The molecule has 3 rings (SSSR count). The maximum Gasteiger partial charge on any atom is 0.325 e. The number of nitrogens with one attached hydrogen (secondary N) is 2. The molecule has 7 heteroatoms. The van der Waals surface area contributed by atoms with Gasteiger partial charge in [0.15, 0.2) is 0 Å². The summed E-state index contributed by atoms with van der Waals surface area (Å²) in [7, 11) is 0. The summed E-state index contributed by atoms with van der Waals surface area (Å²) >= 11 is 0. The summed E-state index contributed by atoms with van der Waals surface area (Å²) < 4.78 is 0. The Bertz CT molecular complexity index is 429. The molecule has 0 spiro atoms. The van der Waals surface area contributed by atoms with Gasteiger partial charge in [-0.1, -0.05) is 0 Å². The number of hydrogen-bond donors (Lipinski definition) is 2. The largest absolute Gasteiger partial charge is 0.325 e. The summed E-state index contributed by atoms with van der Waals surface area (Å²) in [5, 5.41) is 6.18. The van der Waals surface area contributed by atoms with Crippen molar-refractivity contribution in [2.45, 2.75) is 25.8 Å². The van der Waals surface area contributed by atoms with E-state index in [9.17, 15) is 9.59 Å². The highest BCUT2D eigenvalue weighted by Gasteiger charge is 2.44. The number of likely N-dealkylation sites (tertiary alicyclic amines) is 1. The van der Waals surface area contributed by atoms with Gasteiger partial charge in [0.05, 0.1) is 0 Å². The summed E-state index contributed by atoms with van der Waals surface area (Å²) in [6.07, 6.45) is 1.23. The lowest BCUT2D eigenvalue weighted by Crippen LogP contribution is -2.45. The van der Waals surface area contributed by atoms with Crippen molar-refractivity contribution >= 4 is 24.3 Å². The second kappa shape index (κ2) is 6.10. The average molecular weight is 317 g/mol. The van der Waals surface area contributed by atoms with Crippen LogP contribution >= 0.6 is 12.4 Å². The molecule has 3 fully saturated rings. The van der Waals surface area contributed by atoms with Crippen LogP contribution in [-0.2, 0) is 4.79 Å². The van der Waals surface area contributed by atoms with Gasteiger partial charge in [-0.25, -0.2) is 4.79 Å². The Labute approximate surface area is 132 Å². The number of rotatable bonds is 3. The molecule has 0 aromatic heterocycles. The Morgan fingerprint density at radius 1 is 1.19 bits per heavy atom.